The molecule has 170 valence electrons. The lowest BCUT2D eigenvalue weighted by Gasteiger charge is -2.18. The third-order valence-electron chi connectivity index (χ3n) is 5.73. The van der Waals surface area contributed by atoms with Gasteiger partial charge in [-0.15, -0.1) is 0 Å². The molecule has 1 fully saturated rings. The van der Waals surface area contributed by atoms with Crippen molar-refractivity contribution in [3.05, 3.63) is 71.3 Å². The van der Waals surface area contributed by atoms with E-state index < -0.39 is 20.0 Å². The molecule has 0 unspecified atom stereocenters. The Kier molecular flexibility index (Phi) is 6.15. The van der Waals surface area contributed by atoms with Crippen molar-refractivity contribution < 1.29 is 21.1 Å². The summed E-state index contributed by atoms with van der Waals surface area (Å²) in [4.78, 5) is 2.53. The lowest BCUT2D eigenvalue weighted by Crippen LogP contribution is -2.26. The lowest BCUT2D eigenvalue weighted by atomic mass is 10.0. The minimum absolute atomic E-state index is 0.231. The van der Waals surface area contributed by atoms with Crippen LogP contribution in [0, 0.1) is 0 Å². The van der Waals surface area contributed by atoms with Gasteiger partial charge in [0.2, 0.25) is 0 Å². The highest BCUT2D eigenvalue weighted by Gasteiger charge is 2.23. The van der Waals surface area contributed by atoms with Crippen LogP contribution < -0.4 is 4.28 Å². The van der Waals surface area contributed by atoms with E-state index >= 15 is 0 Å². The van der Waals surface area contributed by atoms with Gasteiger partial charge in [-0.05, 0) is 74.3 Å². The summed E-state index contributed by atoms with van der Waals surface area (Å²) in [6, 6.07) is 14.0. The van der Waals surface area contributed by atoms with Gasteiger partial charge in [0.05, 0.1) is 16.7 Å². The van der Waals surface area contributed by atoms with Crippen molar-refractivity contribution in [2.24, 2.45) is 0 Å². The lowest BCUT2D eigenvalue weighted by molar-refractivity contribution is 0.292. The number of nitrogens with zero attached hydrogens (tertiary/aromatic N) is 2. The van der Waals surface area contributed by atoms with E-state index in [-0.39, 0.29) is 4.90 Å². The number of likely N-dealkylation sites (N-methyl/N-ethyl adjacent to an activating group) is 1. The number of fused-ring (bicyclic) bond motifs is 1. The van der Waals surface area contributed by atoms with Crippen LogP contribution in [-0.2, 0) is 26.4 Å². The zero-order chi connectivity index (χ0) is 22.9. The molecule has 0 N–H and O–H groups in total. The molecular weight excluding hydrogens is 448 g/mol. The van der Waals surface area contributed by atoms with Gasteiger partial charge in [-0.25, -0.2) is 8.42 Å². The van der Waals surface area contributed by atoms with E-state index in [0.29, 0.717) is 17.1 Å². The number of benzene rings is 2. The Hall–Kier alpha value is -2.62. The molecule has 2 aromatic carbocycles. The van der Waals surface area contributed by atoms with E-state index in [9.17, 15) is 16.8 Å². The van der Waals surface area contributed by atoms with Gasteiger partial charge in [0.15, 0.2) is 9.84 Å². The Morgan fingerprint density at radius 2 is 1.84 bits per heavy atom. The molecule has 9 heteroatoms. The molecule has 4 rings (SSSR count). The molecule has 1 atom stereocenters. The zero-order valence-corrected chi connectivity index (χ0v) is 19.6. The van der Waals surface area contributed by atoms with E-state index in [4.69, 9.17) is 4.28 Å². The predicted octanol–water partition coefficient (Wildman–Crippen LogP) is 3.11. The van der Waals surface area contributed by atoms with Gasteiger partial charge >= 0.3 is 10.1 Å². The monoisotopic (exact) mass is 474 g/mol. The van der Waals surface area contributed by atoms with E-state index in [1.54, 1.807) is 54.7 Å². The van der Waals surface area contributed by atoms with Crippen LogP contribution in [0.25, 0.3) is 17.0 Å². The number of hydrogen-bond acceptors (Lipinski definition) is 6. The molecule has 0 aliphatic carbocycles. The van der Waals surface area contributed by atoms with Gasteiger partial charge in [0.25, 0.3) is 0 Å². The van der Waals surface area contributed by atoms with Crippen molar-refractivity contribution in [1.29, 1.82) is 0 Å². The molecule has 0 radical (unpaired) electrons. The maximum absolute atomic E-state index is 12.6. The third-order valence-corrected chi connectivity index (χ3v) is 7.59. The minimum Gasteiger partial charge on any atom is -0.303 e. The summed E-state index contributed by atoms with van der Waals surface area (Å²) in [5.74, 6) is 0. The average Bonchev–Trinajstić information content (AvgIpc) is 3.29. The highest BCUT2D eigenvalue weighted by atomic mass is 32.2. The van der Waals surface area contributed by atoms with Crippen LogP contribution >= 0.6 is 0 Å². The second-order valence-electron chi connectivity index (χ2n) is 8.18. The Morgan fingerprint density at radius 1 is 1.09 bits per heavy atom. The van der Waals surface area contributed by atoms with Crippen LogP contribution in [0.2, 0.25) is 0 Å². The number of likely N-dealkylation sites (tertiary alicyclic amines) is 1. The summed E-state index contributed by atoms with van der Waals surface area (Å²) in [6.45, 7) is 1.04. The SMILES string of the molecule is CN1CCC[C@@H]1Cc1cn(OS(C)(=O)=O)c2ccc(/C=C/S(=O)(=O)c3ccccc3)cc12. The zero-order valence-electron chi connectivity index (χ0n) is 18.0. The van der Waals surface area contributed by atoms with Crippen molar-refractivity contribution in [1.82, 2.24) is 9.63 Å². The van der Waals surface area contributed by atoms with Gasteiger partial charge in [-0.2, -0.15) is 13.1 Å². The molecule has 0 spiro atoms. The van der Waals surface area contributed by atoms with Gasteiger partial charge in [0.1, 0.15) is 0 Å². The van der Waals surface area contributed by atoms with Crippen molar-refractivity contribution in [2.75, 3.05) is 19.8 Å². The fourth-order valence-corrected chi connectivity index (χ4v) is 5.55. The largest absolute Gasteiger partial charge is 0.324 e. The van der Waals surface area contributed by atoms with Gasteiger partial charge in [0, 0.05) is 23.0 Å². The molecule has 1 aliphatic heterocycles. The second kappa shape index (κ2) is 8.73. The summed E-state index contributed by atoms with van der Waals surface area (Å²) in [7, 11) is -5.18. The van der Waals surface area contributed by atoms with Crippen LogP contribution in [0.5, 0.6) is 0 Å². The van der Waals surface area contributed by atoms with Crippen molar-refractivity contribution in [3.8, 4) is 0 Å². The molecule has 3 aromatic rings. The molecular formula is C23H26N2O5S2. The van der Waals surface area contributed by atoms with Crippen LogP contribution in [0.15, 0.2) is 65.0 Å². The van der Waals surface area contributed by atoms with Crippen molar-refractivity contribution in [3.63, 3.8) is 0 Å². The maximum atomic E-state index is 12.6. The van der Waals surface area contributed by atoms with Crippen LogP contribution in [0.1, 0.15) is 24.0 Å². The highest BCUT2D eigenvalue weighted by Crippen LogP contribution is 2.28. The fraction of sp³-hybridized carbons (Fsp3) is 0.304. The fourth-order valence-electron chi connectivity index (χ4n) is 4.11. The highest BCUT2D eigenvalue weighted by molar-refractivity contribution is 7.94. The third kappa shape index (κ3) is 5.06. The van der Waals surface area contributed by atoms with E-state index in [0.717, 1.165) is 43.0 Å². The molecule has 7 nitrogen and oxygen atoms in total. The summed E-state index contributed by atoms with van der Waals surface area (Å²) in [5.41, 5.74) is 2.29. The van der Waals surface area contributed by atoms with E-state index in [1.165, 1.54) is 10.1 Å². The maximum Gasteiger partial charge on any atom is 0.324 e. The first-order chi connectivity index (χ1) is 15.1. The summed E-state index contributed by atoms with van der Waals surface area (Å²) >= 11 is 0. The molecule has 1 saturated heterocycles. The standard InChI is InChI=1S/C23H26N2O5S2/c1-24-13-6-7-20(24)16-19-17-25(30-31(2,26)27)23-11-10-18(15-22(19)23)12-14-32(28,29)21-8-4-3-5-9-21/h3-5,8-12,14-15,17,20H,6-7,13,16H2,1-2H3/b14-12+/t20-/m1/s1. The molecule has 1 aromatic heterocycles. The van der Waals surface area contributed by atoms with Crippen LogP contribution in [0.3, 0.4) is 0 Å². The first-order valence-corrected chi connectivity index (χ1v) is 13.7. The predicted molar refractivity (Wildman–Crippen MR) is 125 cm³/mol. The number of aromatic nitrogens is 1. The minimum atomic E-state index is -3.70. The number of hydrogen-bond donors (Lipinski definition) is 0. The Bertz CT molecular complexity index is 1360. The Morgan fingerprint density at radius 3 is 2.50 bits per heavy atom. The number of rotatable bonds is 7. The van der Waals surface area contributed by atoms with E-state index in [2.05, 4.69) is 11.9 Å². The van der Waals surface area contributed by atoms with E-state index in [1.807, 2.05) is 6.07 Å². The first kappa shape index (κ1) is 22.6. The number of sulfone groups is 1. The van der Waals surface area contributed by atoms with Gasteiger partial charge in [-0.1, -0.05) is 24.3 Å². The Labute approximate surface area is 188 Å². The van der Waals surface area contributed by atoms with Crippen molar-refractivity contribution in [2.45, 2.75) is 30.2 Å². The second-order valence-corrected chi connectivity index (χ2v) is 11.6. The normalized spacial score (nSPS) is 18.0. The summed E-state index contributed by atoms with van der Waals surface area (Å²) < 4.78 is 55.1. The average molecular weight is 475 g/mol. The molecule has 0 saturated carbocycles. The molecule has 0 amide bonds. The van der Waals surface area contributed by atoms with Crippen LogP contribution in [0.4, 0.5) is 0 Å². The molecule has 32 heavy (non-hydrogen) atoms. The van der Waals surface area contributed by atoms with Gasteiger partial charge < -0.3 is 4.90 Å². The Balaban J connectivity index is 1.72. The summed E-state index contributed by atoms with van der Waals surface area (Å²) in [6.07, 6.45) is 7.24. The molecule has 0 bridgehead atoms. The molecule has 1 aliphatic rings. The smallest absolute Gasteiger partial charge is 0.303 e. The van der Waals surface area contributed by atoms with Gasteiger partial charge in [-0.3, -0.25) is 4.28 Å². The van der Waals surface area contributed by atoms with Crippen LogP contribution in [-0.4, -0.2) is 52.4 Å². The molecule has 2 heterocycles. The van der Waals surface area contributed by atoms with Crippen molar-refractivity contribution >= 4 is 36.9 Å². The topological polar surface area (TPSA) is 85.7 Å². The summed E-state index contributed by atoms with van der Waals surface area (Å²) in [5, 5.41) is 2.03. The quantitative estimate of drug-likeness (QED) is 0.523. The first-order valence-electron chi connectivity index (χ1n) is 10.3.